The molecule has 0 bridgehead atoms. The number of anilines is 1. The third kappa shape index (κ3) is 17.5. The zero-order chi connectivity index (χ0) is 64.0. The summed E-state index contributed by atoms with van der Waals surface area (Å²) in [6.45, 7) is 9.42. The summed E-state index contributed by atoms with van der Waals surface area (Å²) in [4.78, 5) is 126. The third-order valence-electron chi connectivity index (χ3n) is 16.6. The number of ether oxygens (including phenoxy) is 3. The monoisotopic (exact) mass is 1230 g/mol. The smallest absolute Gasteiger partial charge is 0.335 e. The molecule has 0 aliphatic carbocycles. The molecule has 3 aliphatic rings. The van der Waals surface area contributed by atoms with E-state index in [0.717, 1.165) is 24.1 Å². The van der Waals surface area contributed by atoms with Crippen molar-refractivity contribution in [3.05, 3.63) is 87.9 Å². The van der Waals surface area contributed by atoms with Gasteiger partial charge in [0.15, 0.2) is 12.1 Å². The van der Waals surface area contributed by atoms with Crippen LogP contribution in [0.5, 0.6) is 5.75 Å². The second kappa shape index (κ2) is 31.1. The van der Waals surface area contributed by atoms with E-state index < -0.39 is 121 Å². The summed E-state index contributed by atoms with van der Waals surface area (Å²) in [5, 5.41) is 64.6. The number of imide groups is 1. The van der Waals surface area contributed by atoms with Crippen LogP contribution in [-0.4, -0.2) is 200 Å². The summed E-state index contributed by atoms with van der Waals surface area (Å²) < 4.78 is 17.4. The molecule has 14 atom stereocenters. The first kappa shape index (κ1) is 68.9. The van der Waals surface area contributed by atoms with Gasteiger partial charge >= 0.3 is 11.9 Å². The minimum Gasteiger partial charge on any atom is -0.481 e. The molecule has 2 saturated heterocycles. The SMILES string of the molecule is CC[C@H](C)[C@H](NC(=O)[C@H]1CCCC[N+]1(C)Cc1ccc(O[C@@H]2O[C@H](C(=O)O)[C@@H](O)[C@@H](O)[C@@H]2O)c(NC(=O)CCNC(=O)[C@H](CN)N2C(=O)C=CC2=O)c1)C(=O)N(C)[C@H](C[C@@H](OC)c1nc(C(=O)N[C@@H](Cc2ccccc2)C[C@H](C)C(=O)O)cs1)C(C)C. The lowest BCUT2D eigenvalue weighted by Crippen LogP contribution is -2.63. The molecule has 87 heavy (non-hydrogen) atoms. The lowest BCUT2D eigenvalue weighted by Gasteiger charge is -2.44. The van der Waals surface area contributed by atoms with Gasteiger partial charge in [0.2, 0.25) is 24.0 Å². The number of quaternary nitrogens is 1. The fraction of sp³-hybridized carbons (Fsp3) is 0.567. The summed E-state index contributed by atoms with van der Waals surface area (Å²) >= 11 is 1.23. The second-order valence-corrected chi connectivity index (χ2v) is 24.2. The number of piperidine rings is 1. The Hall–Kier alpha value is -7.24. The predicted octanol–water partition coefficient (Wildman–Crippen LogP) is 1.85. The first-order valence-corrected chi connectivity index (χ1v) is 30.1. The maximum atomic E-state index is 14.9. The van der Waals surface area contributed by atoms with Gasteiger partial charge in [-0.25, -0.2) is 9.78 Å². The fourth-order valence-electron chi connectivity index (χ4n) is 11.3. The molecule has 2 fully saturated rings. The van der Waals surface area contributed by atoms with E-state index in [1.807, 2.05) is 65.1 Å². The van der Waals surface area contributed by atoms with Crippen LogP contribution in [0.2, 0.25) is 0 Å². The van der Waals surface area contributed by atoms with Gasteiger partial charge in [-0.1, -0.05) is 71.4 Å². The van der Waals surface area contributed by atoms with E-state index in [-0.39, 0.29) is 71.2 Å². The molecule has 0 saturated carbocycles. The van der Waals surface area contributed by atoms with E-state index in [1.54, 1.807) is 36.4 Å². The number of aliphatic carboxylic acids is 2. The molecule has 27 heteroatoms. The summed E-state index contributed by atoms with van der Waals surface area (Å²) in [5.74, 6) is -7.97. The number of hydrogen-bond donors (Lipinski definition) is 10. The number of carbonyl (C=O) groups is 9. The molecule has 3 aliphatic heterocycles. The van der Waals surface area contributed by atoms with Crippen molar-refractivity contribution >= 4 is 70.3 Å². The second-order valence-electron chi connectivity index (χ2n) is 23.3. The van der Waals surface area contributed by atoms with Gasteiger partial charge in [0.25, 0.3) is 23.6 Å². The van der Waals surface area contributed by atoms with Gasteiger partial charge in [-0.2, -0.15) is 0 Å². The molecule has 7 amide bonds. The Balaban J connectivity index is 1.18. The Labute approximate surface area is 509 Å². The van der Waals surface area contributed by atoms with Crippen LogP contribution in [0.3, 0.4) is 0 Å². The van der Waals surface area contributed by atoms with Crippen LogP contribution >= 0.6 is 11.3 Å². The van der Waals surface area contributed by atoms with Gasteiger partial charge in [-0.3, -0.25) is 43.3 Å². The van der Waals surface area contributed by atoms with Crippen LogP contribution in [0.25, 0.3) is 0 Å². The number of thiazole rings is 1. The van der Waals surface area contributed by atoms with E-state index in [4.69, 9.17) is 19.9 Å². The molecule has 6 rings (SSSR count). The van der Waals surface area contributed by atoms with Gasteiger partial charge in [0.05, 0.1) is 25.2 Å². The fourth-order valence-corrected chi connectivity index (χ4v) is 12.1. The van der Waals surface area contributed by atoms with Crippen LogP contribution in [0, 0.1) is 17.8 Å². The van der Waals surface area contributed by atoms with E-state index in [9.17, 15) is 68.7 Å². The number of carboxylic acid groups (broad SMARTS) is 2. The van der Waals surface area contributed by atoms with Crippen molar-refractivity contribution in [2.75, 3.05) is 46.2 Å². The number of nitrogens with zero attached hydrogens (tertiary/aromatic N) is 4. The Kier molecular flexibility index (Phi) is 24.6. The maximum Gasteiger partial charge on any atom is 0.335 e. The average molecular weight is 1240 g/mol. The lowest BCUT2D eigenvalue weighted by molar-refractivity contribution is -0.942. The van der Waals surface area contributed by atoms with Crippen LogP contribution in [-0.2, 0) is 60.8 Å². The topological polar surface area (TPSA) is 376 Å². The van der Waals surface area contributed by atoms with Crippen molar-refractivity contribution in [2.24, 2.45) is 23.5 Å². The summed E-state index contributed by atoms with van der Waals surface area (Å²) in [5.41, 5.74) is 7.38. The number of amides is 7. The Morgan fingerprint density at radius 2 is 1.61 bits per heavy atom. The largest absolute Gasteiger partial charge is 0.481 e. The number of hydrogen-bond acceptors (Lipinski definition) is 18. The first-order chi connectivity index (χ1) is 41.2. The van der Waals surface area contributed by atoms with E-state index in [0.29, 0.717) is 54.1 Å². The van der Waals surface area contributed by atoms with E-state index in [2.05, 4.69) is 26.3 Å². The highest BCUT2D eigenvalue weighted by molar-refractivity contribution is 7.09. The highest BCUT2D eigenvalue weighted by atomic mass is 32.1. The molecular formula is C60H84N9O17S+. The molecule has 4 heterocycles. The van der Waals surface area contributed by atoms with Crippen molar-refractivity contribution in [3.63, 3.8) is 0 Å². The number of aliphatic hydroxyl groups is 3. The third-order valence-corrected chi connectivity index (χ3v) is 17.5. The van der Waals surface area contributed by atoms with Crippen molar-refractivity contribution in [3.8, 4) is 5.75 Å². The number of methoxy groups -OCH3 is 1. The Bertz CT molecular complexity index is 2950. The van der Waals surface area contributed by atoms with Crippen molar-refractivity contribution in [1.82, 2.24) is 30.7 Å². The van der Waals surface area contributed by atoms with E-state index >= 15 is 0 Å². The summed E-state index contributed by atoms with van der Waals surface area (Å²) in [6.07, 6.45) is -5.47. The highest BCUT2D eigenvalue weighted by Gasteiger charge is 2.49. The number of rotatable bonds is 30. The number of benzene rings is 2. The highest BCUT2D eigenvalue weighted by Crippen LogP contribution is 2.35. The number of aliphatic hydroxyl groups excluding tert-OH is 3. The quantitative estimate of drug-likeness (QED) is 0.0336. The average Bonchev–Trinajstić information content (AvgIpc) is 2.73. The number of likely N-dealkylation sites (N-methyl/N-ethyl adjacent to an activating group) is 2. The number of carboxylic acids is 2. The van der Waals surface area contributed by atoms with Gasteiger partial charge in [-0.05, 0) is 61.3 Å². The standard InChI is InChI=1S/C60H83N9O17S/c1-9-33(4)48(57(79)67(6)40(32(2)3)28-44(84-8)56-65-39(31-87-56)53(76)63-37(25-34(5)58(80)81)26-35-15-11-10-12-16-35)66-55(78)42-17-13-14-24-69(42,7)30-36-18-19-43(85-60-51(75)49(73)50(74)52(86-60)59(82)83)38(27-36)64-45(70)22-23-62-54(77)41(29-61)68-46(71)20-21-47(68)72/h10-12,15-16,18-21,27,31-34,37,40-42,44,48-52,60,73-75H,9,13-14,17,22-26,28-30,61H2,1-8H3,(H5-,62,63,64,66,70,76,77,78,80,81,82,83)/p+1/t33-,34-,37+,40+,41-,42+,44+,48-,49+,50-,51-,52-,60+,69?/m0/s1. The minimum absolute atomic E-state index is 0.0232. The van der Waals surface area contributed by atoms with Crippen molar-refractivity contribution < 1.29 is 87.4 Å². The van der Waals surface area contributed by atoms with Crippen LogP contribution < -0.4 is 31.7 Å². The summed E-state index contributed by atoms with van der Waals surface area (Å²) in [7, 11) is 5.14. The number of likely N-dealkylation sites (tertiary alicyclic amines) is 1. The Morgan fingerprint density at radius 1 is 0.920 bits per heavy atom. The predicted molar refractivity (Wildman–Crippen MR) is 316 cm³/mol. The van der Waals surface area contributed by atoms with Crippen LogP contribution in [0.4, 0.5) is 5.69 Å². The molecule has 1 unspecified atom stereocenters. The molecule has 3 aromatic rings. The van der Waals surface area contributed by atoms with Crippen LogP contribution in [0.1, 0.15) is 112 Å². The molecule has 26 nitrogen and oxygen atoms in total. The number of nitrogens with two attached hydrogens (primary N) is 1. The minimum atomic E-state index is -2.01. The normalized spacial score (nSPS) is 23.6. The maximum absolute atomic E-state index is 14.9. The van der Waals surface area contributed by atoms with E-state index in [1.165, 1.54) is 24.5 Å². The molecule has 1 aromatic heterocycles. The molecule has 476 valence electrons. The summed E-state index contributed by atoms with van der Waals surface area (Å²) in [6, 6.07) is 10.2. The van der Waals surface area contributed by atoms with Gasteiger partial charge < -0.3 is 76.1 Å². The number of nitrogens with one attached hydrogen (secondary N) is 4. The van der Waals surface area contributed by atoms with Gasteiger partial charge in [-0.15, -0.1) is 11.3 Å². The number of carbonyl (C=O) groups excluding carboxylic acids is 7. The molecule has 11 N–H and O–H groups in total. The lowest BCUT2D eigenvalue weighted by atomic mass is 9.92. The first-order valence-electron chi connectivity index (χ1n) is 29.2. The zero-order valence-corrected chi connectivity index (χ0v) is 51.1. The molecular weight excluding hydrogens is 1150 g/mol. The number of aromatic nitrogens is 1. The van der Waals surface area contributed by atoms with Gasteiger partial charge in [0, 0.05) is 81.7 Å². The Morgan fingerprint density at radius 3 is 2.23 bits per heavy atom. The molecule has 0 radical (unpaired) electrons. The van der Waals surface area contributed by atoms with Crippen molar-refractivity contribution in [1.29, 1.82) is 0 Å². The molecule has 0 spiro atoms. The molecule has 2 aromatic carbocycles. The van der Waals surface area contributed by atoms with Gasteiger partial charge in [0.1, 0.15) is 59.5 Å². The van der Waals surface area contributed by atoms with Crippen molar-refractivity contribution in [2.45, 2.75) is 160 Å². The zero-order valence-electron chi connectivity index (χ0n) is 50.3. The van der Waals surface area contributed by atoms with Crippen LogP contribution in [0.15, 0.2) is 66.1 Å².